The van der Waals surface area contributed by atoms with Crippen LogP contribution in [-0.2, 0) is 0 Å². The first kappa shape index (κ1) is 18.8. The van der Waals surface area contributed by atoms with Crippen molar-refractivity contribution in [3.05, 3.63) is 84.0 Å². The summed E-state index contributed by atoms with van der Waals surface area (Å²) < 4.78 is 2.12. The maximum Gasteiger partial charge on any atom is 0.180 e. The van der Waals surface area contributed by atoms with Crippen LogP contribution in [0.5, 0.6) is 0 Å². The second kappa shape index (κ2) is 8.28. The minimum atomic E-state index is 0.673. The monoisotopic (exact) mass is 397 g/mol. The van der Waals surface area contributed by atoms with Crippen LogP contribution in [-0.4, -0.2) is 27.5 Å². The summed E-state index contributed by atoms with van der Waals surface area (Å²) in [6.07, 6.45) is 18.4. The maximum absolute atomic E-state index is 4.69. The van der Waals surface area contributed by atoms with Gasteiger partial charge in [-0.2, -0.15) is 0 Å². The summed E-state index contributed by atoms with van der Waals surface area (Å²) in [5, 5.41) is 6.88. The van der Waals surface area contributed by atoms with E-state index >= 15 is 0 Å². The van der Waals surface area contributed by atoms with Crippen LogP contribution >= 0.6 is 0 Å². The number of nitrogens with one attached hydrogen (secondary N) is 2. The SMILES string of the molecule is Cc1cccc(Nc2nccn3c(C4=CCC=C(C5CCNCC5)C=C4)cnc23)c1. The molecule has 1 saturated heterocycles. The fourth-order valence-electron chi connectivity index (χ4n) is 4.37. The van der Waals surface area contributed by atoms with Crippen LogP contribution in [0.4, 0.5) is 11.5 Å². The number of benzene rings is 1. The van der Waals surface area contributed by atoms with Crippen molar-refractivity contribution in [3.63, 3.8) is 0 Å². The van der Waals surface area contributed by atoms with Gasteiger partial charge in [0, 0.05) is 18.1 Å². The van der Waals surface area contributed by atoms with Gasteiger partial charge in [-0.15, -0.1) is 0 Å². The lowest BCUT2D eigenvalue weighted by Crippen LogP contribution is -2.28. The van der Waals surface area contributed by atoms with Crippen LogP contribution in [0.15, 0.2) is 72.7 Å². The number of imidazole rings is 1. The molecule has 0 unspecified atom stereocenters. The van der Waals surface area contributed by atoms with Crippen molar-refractivity contribution in [2.75, 3.05) is 18.4 Å². The van der Waals surface area contributed by atoms with Gasteiger partial charge in [0.15, 0.2) is 11.5 Å². The zero-order chi connectivity index (χ0) is 20.3. The summed E-state index contributed by atoms with van der Waals surface area (Å²) in [6, 6.07) is 8.29. The van der Waals surface area contributed by atoms with Crippen molar-refractivity contribution in [1.29, 1.82) is 0 Å². The van der Waals surface area contributed by atoms with E-state index in [0.29, 0.717) is 5.92 Å². The van der Waals surface area contributed by atoms with Crippen molar-refractivity contribution in [2.24, 2.45) is 5.92 Å². The molecular formula is C25H27N5. The molecule has 152 valence electrons. The van der Waals surface area contributed by atoms with Gasteiger partial charge in [-0.1, -0.05) is 36.4 Å². The maximum atomic E-state index is 4.69. The molecule has 5 heteroatoms. The van der Waals surface area contributed by atoms with E-state index < -0.39 is 0 Å². The highest BCUT2D eigenvalue weighted by atomic mass is 15.1. The zero-order valence-electron chi connectivity index (χ0n) is 17.3. The summed E-state index contributed by atoms with van der Waals surface area (Å²) in [4.78, 5) is 9.22. The van der Waals surface area contributed by atoms with E-state index in [0.717, 1.165) is 42.4 Å². The standard InChI is InChI=1S/C25H27N5/c1-18-4-2-7-22(16-18)29-24-25-28-17-23(30(25)15-14-27-24)21-6-3-5-19(8-9-21)20-10-12-26-13-11-20/h2,4-9,14-17,20,26H,3,10-13H2,1H3,(H,27,29). The van der Waals surface area contributed by atoms with Gasteiger partial charge in [-0.05, 0) is 74.0 Å². The van der Waals surface area contributed by atoms with Crippen LogP contribution in [0.1, 0.15) is 30.5 Å². The fourth-order valence-corrected chi connectivity index (χ4v) is 4.37. The number of anilines is 2. The second-order valence-corrected chi connectivity index (χ2v) is 8.06. The third-order valence-corrected chi connectivity index (χ3v) is 5.96. The molecular weight excluding hydrogens is 370 g/mol. The largest absolute Gasteiger partial charge is 0.337 e. The Morgan fingerprint density at radius 2 is 2.00 bits per heavy atom. The highest BCUT2D eigenvalue weighted by Gasteiger charge is 2.17. The molecule has 0 atom stereocenters. The molecule has 5 nitrogen and oxygen atoms in total. The molecule has 0 saturated carbocycles. The normalized spacial score (nSPS) is 17.5. The molecule has 0 amide bonds. The average Bonchev–Trinajstić information content (AvgIpc) is 3.05. The zero-order valence-corrected chi connectivity index (χ0v) is 17.3. The predicted octanol–water partition coefficient (Wildman–Crippen LogP) is 5.05. The third-order valence-electron chi connectivity index (χ3n) is 5.96. The van der Waals surface area contributed by atoms with Gasteiger partial charge in [0.1, 0.15) is 0 Å². The Hall–Kier alpha value is -3.18. The molecule has 5 rings (SSSR count). The number of allylic oxidation sites excluding steroid dienone is 6. The van der Waals surface area contributed by atoms with Gasteiger partial charge in [0.05, 0.1) is 11.9 Å². The Labute approximate surface area is 177 Å². The number of fused-ring (bicyclic) bond motifs is 1. The third kappa shape index (κ3) is 3.81. The van der Waals surface area contributed by atoms with Crippen LogP contribution in [0.3, 0.4) is 0 Å². The molecule has 1 aliphatic carbocycles. The van der Waals surface area contributed by atoms with Crippen LogP contribution in [0, 0.1) is 12.8 Å². The molecule has 0 bridgehead atoms. The topological polar surface area (TPSA) is 54.2 Å². The van der Waals surface area contributed by atoms with Crippen molar-refractivity contribution < 1.29 is 0 Å². The Kier molecular flexibility index (Phi) is 5.20. The number of hydrogen-bond acceptors (Lipinski definition) is 4. The van der Waals surface area contributed by atoms with Crippen LogP contribution in [0.2, 0.25) is 0 Å². The van der Waals surface area contributed by atoms with Gasteiger partial charge >= 0.3 is 0 Å². The summed E-state index contributed by atoms with van der Waals surface area (Å²) >= 11 is 0. The van der Waals surface area contributed by atoms with E-state index in [9.17, 15) is 0 Å². The quantitative estimate of drug-likeness (QED) is 0.647. The molecule has 1 aliphatic heterocycles. The van der Waals surface area contributed by atoms with E-state index in [-0.39, 0.29) is 0 Å². The molecule has 2 N–H and O–H groups in total. The van der Waals surface area contributed by atoms with Crippen molar-refractivity contribution in [1.82, 2.24) is 19.7 Å². The number of hydrogen-bond donors (Lipinski definition) is 2. The smallest absolute Gasteiger partial charge is 0.180 e. The first-order valence-corrected chi connectivity index (χ1v) is 10.7. The van der Waals surface area contributed by atoms with E-state index in [1.807, 2.05) is 30.7 Å². The molecule has 3 aromatic rings. The highest BCUT2D eigenvalue weighted by molar-refractivity contribution is 5.78. The number of rotatable bonds is 4. The van der Waals surface area contributed by atoms with Gasteiger partial charge in [-0.25, -0.2) is 9.97 Å². The first-order valence-electron chi connectivity index (χ1n) is 10.7. The molecule has 1 aromatic carbocycles. The van der Waals surface area contributed by atoms with Crippen LogP contribution < -0.4 is 10.6 Å². The molecule has 3 heterocycles. The summed E-state index contributed by atoms with van der Waals surface area (Å²) in [5.74, 6) is 1.44. The number of nitrogens with zero attached hydrogens (tertiary/aromatic N) is 3. The van der Waals surface area contributed by atoms with Gasteiger partial charge < -0.3 is 10.6 Å². The van der Waals surface area contributed by atoms with Gasteiger partial charge in [0.25, 0.3) is 0 Å². The minimum absolute atomic E-state index is 0.673. The summed E-state index contributed by atoms with van der Waals surface area (Å²) in [6.45, 7) is 4.32. The van der Waals surface area contributed by atoms with Crippen LogP contribution in [0.25, 0.3) is 11.2 Å². The van der Waals surface area contributed by atoms with Gasteiger partial charge in [-0.3, -0.25) is 4.40 Å². The van der Waals surface area contributed by atoms with Crippen molar-refractivity contribution >= 4 is 22.7 Å². The van der Waals surface area contributed by atoms with Gasteiger partial charge in [0.2, 0.25) is 0 Å². The van der Waals surface area contributed by atoms with E-state index in [1.165, 1.54) is 29.6 Å². The lowest BCUT2D eigenvalue weighted by atomic mass is 9.89. The second-order valence-electron chi connectivity index (χ2n) is 8.06. The summed E-state index contributed by atoms with van der Waals surface area (Å²) in [7, 11) is 0. The Morgan fingerprint density at radius 3 is 2.87 bits per heavy atom. The van der Waals surface area contributed by atoms with E-state index in [4.69, 9.17) is 0 Å². The predicted molar refractivity (Wildman–Crippen MR) is 123 cm³/mol. The lowest BCUT2D eigenvalue weighted by Gasteiger charge is -2.23. The molecule has 0 spiro atoms. The summed E-state index contributed by atoms with van der Waals surface area (Å²) in [5.41, 5.74) is 6.83. The fraction of sp³-hybridized carbons (Fsp3) is 0.280. The molecule has 30 heavy (non-hydrogen) atoms. The first-order chi connectivity index (χ1) is 14.8. The molecule has 2 aromatic heterocycles. The molecule has 1 fully saturated rings. The number of aryl methyl sites for hydroxylation is 1. The number of aromatic nitrogens is 3. The Morgan fingerprint density at radius 1 is 1.10 bits per heavy atom. The van der Waals surface area contributed by atoms with E-state index in [2.05, 4.69) is 68.4 Å². The Bertz CT molecular complexity index is 1150. The van der Waals surface area contributed by atoms with Crippen molar-refractivity contribution in [3.8, 4) is 0 Å². The van der Waals surface area contributed by atoms with Crippen molar-refractivity contribution in [2.45, 2.75) is 26.2 Å². The highest BCUT2D eigenvalue weighted by Crippen LogP contribution is 2.29. The number of piperidine rings is 1. The molecule has 2 aliphatic rings. The van der Waals surface area contributed by atoms with E-state index in [1.54, 1.807) is 0 Å². The Balaban J connectivity index is 1.42. The minimum Gasteiger partial charge on any atom is -0.337 e. The lowest BCUT2D eigenvalue weighted by molar-refractivity contribution is 0.425. The molecule has 0 radical (unpaired) electrons. The average molecular weight is 398 g/mol.